The molecule has 1 amide bonds. The number of hydrogen-bond donors (Lipinski definition) is 2. The molecule has 2 rings (SSSR count). The van der Waals surface area contributed by atoms with Crippen LogP contribution in [0.4, 0.5) is 0 Å². The van der Waals surface area contributed by atoms with Gasteiger partial charge in [-0.25, -0.2) is 0 Å². The van der Waals surface area contributed by atoms with Gasteiger partial charge in [-0.05, 0) is 61.3 Å². The molecule has 3 atom stereocenters. The average molecular weight is 305 g/mol. The first-order valence-electron chi connectivity index (χ1n) is 8.12. The normalized spacial score (nSPS) is 19.9. The number of rotatable bonds is 6. The summed E-state index contributed by atoms with van der Waals surface area (Å²) in [4.78, 5) is 12.3. The van der Waals surface area contributed by atoms with Crippen LogP contribution in [0.25, 0.3) is 0 Å². The predicted molar refractivity (Wildman–Crippen MR) is 87.1 cm³/mol. The van der Waals surface area contributed by atoms with E-state index in [0.29, 0.717) is 6.42 Å². The smallest absolute Gasteiger partial charge is 0.220 e. The molecule has 0 saturated carbocycles. The van der Waals surface area contributed by atoms with Crippen molar-refractivity contribution < 1.29 is 14.6 Å². The van der Waals surface area contributed by atoms with Crippen molar-refractivity contribution in [2.75, 3.05) is 13.7 Å². The highest BCUT2D eigenvalue weighted by atomic mass is 16.5. The molecule has 0 spiro atoms. The van der Waals surface area contributed by atoms with E-state index in [4.69, 9.17) is 9.84 Å². The number of nitrogens with one attached hydrogen (secondary N) is 1. The Morgan fingerprint density at radius 1 is 1.45 bits per heavy atom. The first kappa shape index (κ1) is 16.8. The Kier molecular flexibility index (Phi) is 5.83. The van der Waals surface area contributed by atoms with Gasteiger partial charge in [0, 0.05) is 19.1 Å². The average Bonchev–Trinajstić information content (AvgIpc) is 2.53. The molecule has 3 unspecified atom stereocenters. The van der Waals surface area contributed by atoms with E-state index in [-0.39, 0.29) is 30.4 Å². The van der Waals surface area contributed by atoms with Gasteiger partial charge >= 0.3 is 0 Å². The van der Waals surface area contributed by atoms with Crippen LogP contribution < -0.4 is 10.1 Å². The number of hydrogen-bond acceptors (Lipinski definition) is 3. The van der Waals surface area contributed by atoms with E-state index in [0.717, 1.165) is 25.0 Å². The lowest BCUT2D eigenvalue weighted by molar-refractivity contribution is -0.122. The van der Waals surface area contributed by atoms with Crippen molar-refractivity contribution in [2.45, 2.75) is 51.5 Å². The molecular formula is C18H27NO3. The molecule has 0 aromatic heterocycles. The Morgan fingerprint density at radius 3 is 2.91 bits per heavy atom. The number of fused-ring (bicyclic) bond motifs is 1. The van der Waals surface area contributed by atoms with Crippen LogP contribution in [0, 0.1) is 5.92 Å². The highest BCUT2D eigenvalue weighted by molar-refractivity contribution is 5.77. The van der Waals surface area contributed by atoms with Gasteiger partial charge in [0.25, 0.3) is 0 Å². The second-order valence-electron chi connectivity index (χ2n) is 6.37. The highest BCUT2D eigenvalue weighted by Crippen LogP contribution is 2.35. The van der Waals surface area contributed by atoms with Gasteiger partial charge in [-0.2, -0.15) is 0 Å². The summed E-state index contributed by atoms with van der Waals surface area (Å²) in [5.41, 5.74) is 2.59. The number of carbonyl (C=O) groups is 1. The molecule has 0 bridgehead atoms. The molecule has 0 fully saturated rings. The zero-order valence-electron chi connectivity index (χ0n) is 13.8. The molecular weight excluding hydrogens is 278 g/mol. The fourth-order valence-corrected chi connectivity index (χ4v) is 3.07. The second kappa shape index (κ2) is 7.63. The fourth-order valence-electron chi connectivity index (χ4n) is 3.07. The molecule has 122 valence electrons. The third-order valence-electron chi connectivity index (χ3n) is 4.75. The molecule has 4 nitrogen and oxygen atoms in total. The zero-order chi connectivity index (χ0) is 16.1. The number of benzene rings is 1. The SMILES string of the molecule is COc1ccc2c(c1)CCCC2CC(=O)NC(C)C(C)CO. The Bertz CT molecular complexity index is 515. The molecule has 2 N–H and O–H groups in total. The zero-order valence-corrected chi connectivity index (χ0v) is 13.8. The van der Waals surface area contributed by atoms with Crippen LogP contribution in [0.5, 0.6) is 5.75 Å². The third kappa shape index (κ3) is 4.01. The van der Waals surface area contributed by atoms with Crippen molar-refractivity contribution in [1.82, 2.24) is 5.32 Å². The van der Waals surface area contributed by atoms with Crippen LogP contribution >= 0.6 is 0 Å². The van der Waals surface area contributed by atoms with E-state index < -0.39 is 0 Å². The number of carbonyl (C=O) groups excluding carboxylic acids is 1. The Hall–Kier alpha value is -1.55. The maximum Gasteiger partial charge on any atom is 0.220 e. The summed E-state index contributed by atoms with van der Waals surface area (Å²) in [5, 5.41) is 12.2. The van der Waals surface area contributed by atoms with Gasteiger partial charge in [-0.3, -0.25) is 4.79 Å². The summed E-state index contributed by atoms with van der Waals surface area (Å²) < 4.78 is 5.28. The van der Waals surface area contributed by atoms with Crippen LogP contribution in [0.3, 0.4) is 0 Å². The minimum Gasteiger partial charge on any atom is -0.497 e. The van der Waals surface area contributed by atoms with Crippen LogP contribution in [-0.4, -0.2) is 30.8 Å². The van der Waals surface area contributed by atoms with Crippen molar-refractivity contribution >= 4 is 5.91 Å². The van der Waals surface area contributed by atoms with Crippen molar-refractivity contribution in [2.24, 2.45) is 5.92 Å². The molecule has 0 heterocycles. The number of aliphatic hydroxyl groups is 1. The van der Waals surface area contributed by atoms with Gasteiger partial charge in [0.1, 0.15) is 5.75 Å². The summed E-state index contributed by atoms with van der Waals surface area (Å²) in [6.45, 7) is 3.97. The molecule has 1 aliphatic carbocycles. The van der Waals surface area contributed by atoms with Gasteiger partial charge in [0.2, 0.25) is 5.91 Å². The van der Waals surface area contributed by atoms with Gasteiger partial charge in [-0.1, -0.05) is 13.0 Å². The van der Waals surface area contributed by atoms with E-state index in [1.54, 1.807) is 7.11 Å². The summed E-state index contributed by atoms with van der Waals surface area (Å²) >= 11 is 0. The highest BCUT2D eigenvalue weighted by Gasteiger charge is 2.24. The Balaban J connectivity index is 2.01. The predicted octanol–water partition coefficient (Wildman–Crippen LogP) is 2.64. The van der Waals surface area contributed by atoms with E-state index in [1.165, 1.54) is 11.1 Å². The number of ether oxygens (including phenoxy) is 1. The first-order chi connectivity index (χ1) is 10.5. The molecule has 1 aromatic rings. The lowest BCUT2D eigenvalue weighted by Crippen LogP contribution is -2.39. The summed E-state index contributed by atoms with van der Waals surface area (Å²) in [6.07, 6.45) is 3.74. The number of amides is 1. The summed E-state index contributed by atoms with van der Waals surface area (Å²) in [7, 11) is 1.68. The topological polar surface area (TPSA) is 58.6 Å². The van der Waals surface area contributed by atoms with E-state index >= 15 is 0 Å². The van der Waals surface area contributed by atoms with E-state index in [9.17, 15) is 4.79 Å². The minimum atomic E-state index is -0.00331. The van der Waals surface area contributed by atoms with Crippen LogP contribution in [-0.2, 0) is 11.2 Å². The Labute approximate surface area is 132 Å². The minimum absolute atomic E-state index is 0.00331. The third-order valence-corrected chi connectivity index (χ3v) is 4.75. The summed E-state index contributed by atoms with van der Waals surface area (Å²) in [5.74, 6) is 1.31. The standard InChI is InChI=1S/C18H27NO3/c1-12(11-20)13(2)19-18(21)10-15-6-4-5-14-9-16(22-3)7-8-17(14)15/h7-9,12-13,15,20H,4-6,10-11H2,1-3H3,(H,19,21). The number of aliphatic hydroxyl groups excluding tert-OH is 1. The van der Waals surface area contributed by atoms with E-state index in [2.05, 4.69) is 17.4 Å². The quantitative estimate of drug-likeness (QED) is 0.849. The lowest BCUT2D eigenvalue weighted by Gasteiger charge is -2.27. The van der Waals surface area contributed by atoms with Gasteiger partial charge in [0.15, 0.2) is 0 Å². The van der Waals surface area contributed by atoms with Crippen LogP contribution in [0.2, 0.25) is 0 Å². The molecule has 1 aromatic carbocycles. The van der Waals surface area contributed by atoms with Crippen molar-refractivity contribution in [1.29, 1.82) is 0 Å². The molecule has 0 radical (unpaired) electrons. The Morgan fingerprint density at radius 2 is 2.23 bits per heavy atom. The van der Waals surface area contributed by atoms with Crippen molar-refractivity contribution in [3.63, 3.8) is 0 Å². The lowest BCUT2D eigenvalue weighted by atomic mass is 9.81. The maximum absolute atomic E-state index is 12.3. The number of aryl methyl sites for hydroxylation is 1. The van der Waals surface area contributed by atoms with E-state index in [1.807, 2.05) is 19.9 Å². The van der Waals surface area contributed by atoms with Crippen molar-refractivity contribution in [3.05, 3.63) is 29.3 Å². The fraction of sp³-hybridized carbons (Fsp3) is 0.611. The molecule has 22 heavy (non-hydrogen) atoms. The second-order valence-corrected chi connectivity index (χ2v) is 6.37. The van der Waals surface area contributed by atoms with Crippen LogP contribution in [0.1, 0.15) is 50.2 Å². The largest absolute Gasteiger partial charge is 0.497 e. The molecule has 1 aliphatic rings. The van der Waals surface area contributed by atoms with Gasteiger partial charge in [0.05, 0.1) is 7.11 Å². The van der Waals surface area contributed by atoms with Gasteiger partial charge in [-0.15, -0.1) is 0 Å². The maximum atomic E-state index is 12.3. The number of methoxy groups -OCH3 is 1. The first-order valence-corrected chi connectivity index (χ1v) is 8.12. The molecule has 0 saturated heterocycles. The van der Waals surface area contributed by atoms with Gasteiger partial charge < -0.3 is 15.2 Å². The van der Waals surface area contributed by atoms with Crippen molar-refractivity contribution in [3.8, 4) is 5.75 Å². The van der Waals surface area contributed by atoms with Crippen LogP contribution in [0.15, 0.2) is 18.2 Å². The molecule has 0 aliphatic heterocycles. The monoisotopic (exact) mass is 305 g/mol. The molecule has 4 heteroatoms. The summed E-state index contributed by atoms with van der Waals surface area (Å²) in [6, 6.07) is 6.17.